The molecule has 3 aliphatic heterocycles. The lowest BCUT2D eigenvalue weighted by molar-refractivity contribution is -0.154. The fourth-order valence-corrected chi connectivity index (χ4v) is 10.0. The van der Waals surface area contributed by atoms with Gasteiger partial charge in [0.15, 0.2) is 0 Å². The van der Waals surface area contributed by atoms with Crippen LogP contribution in [0.4, 0.5) is 0 Å². The van der Waals surface area contributed by atoms with Crippen molar-refractivity contribution >= 4 is 29.5 Å². The molecule has 1 spiro atoms. The number of aliphatic hydroxyl groups excluding tert-OH is 1. The summed E-state index contributed by atoms with van der Waals surface area (Å²) in [7, 11) is 0. The molecular weight excluding hydrogens is 500 g/mol. The average molecular weight is 551 g/mol. The Kier molecular flexibility index (Phi) is 9.71. The molecule has 0 aromatic heterocycles. The quantitative estimate of drug-likeness (QED) is 0.204. The molecule has 0 radical (unpaired) electrons. The molecule has 3 aliphatic rings. The first-order valence-electron chi connectivity index (χ1n) is 14.4. The van der Waals surface area contributed by atoms with Crippen molar-refractivity contribution in [3.05, 3.63) is 12.7 Å². The molecule has 8 heteroatoms. The third kappa shape index (κ3) is 5.67. The van der Waals surface area contributed by atoms with Gasteiger partial charge in [-0.15, -0.1) is 18.3 Å². The van der Waals surface area contributed by atoms with Crippen LogP contribution in [0.25, 0.3) is 0 Å². The molecule has 2 amide bonds. The van der Waals surface area contributed by atoms with Crippen LogP contribution in [0.1, 0.15) is 87.0 Å². The highest BCUT2D eigenvalue weighted by Crippen LogP contribution is 2.69. The van der Waals surface area contributed by atoms with Crippen LogP contribution in [0.2, 0.25) is 0 Å². The molecule has 2 bridgehead atoms. The van der Waals surface area contributed by atoms with Gasteiger partial charge in [0, 0.05) is 30.5 Å². The van der Waals surface area contributed by atoms with Crippen LogP contribution in [-0.2, 0) is 19.1 Å². The van der Waals surface area contributed by atoms with Gasteiger partial charge in [-0.1, -0.05) is 46.6 Å². The van der Waals surface area contributed by atoms with Gasteiger partial charge < -0.3 is 19.6 Å². The number of hydrogen-bond donors (Lipinski definition) is 1. The fourth-order valence-electron chi connectivity index (χ4n) is 7.60. The summed E-state index contributed by atoms with van der Waals surface area (Å²) in [6, 6.07) is -0.624. The zero-order valence-corrected chi connectivity index (χ0v) is 25.4. The minimum absolute atomic E-state index is 0.00422. The summed E-state index contributed by atoms with van der Waals surface area (Å²) in [5, 5.41) is 9.16. The minimum atomic E-state index is -0.640. The van der Waals surface area contributed by atoms with Crippen molar-refractivity contribution < 1.29 is 24.2 Å². The Hall–Kier alpha value is -1.54. The highest BCUT2D eigenvalue weighted by atomic mass is 32.2. The van der Waals surface area contributed by atoms with Crippen molar-refractivity contribution in [2.24, 2.45) is 23.2 Å². The summed E-state index contributed by atoms with van der Waals surface area (Å²) in [5.74, 6) is -1.32. The second-order valence-electron chi connectivity index (χ2n) is 13.3. The standard InChI is InChI=1S/C30H50N2O5S/c1-9-15-32(29(7,8)19-28(4,5)6)26(35)24-30-20(3)18-21(38-30)22(27(36)37-10-2)23(30)25(34)31(24)16-13-11-12-14-17-33/h9,20-24,33H,1,10-19H2,2-8H3/t20?,21-,22+,23+,24?,30?/m1/s1. The number of hydrogen-bond acceptors (Lipinski definition) is 6. The second-order valence-corrected chi connectivity index (χ2v) is 14.8. The van der Waals surface area contributed by atoms with E-state index in [1.54, 1.807) is 24.8 Å². The molecule has 6 atom stereocenters. The number of unbranched alkanes of at least 4 members (excludes halogenated alkanes) is 3. The van der Waals surface area contributed by atoms with E-state index in [9.17, 15) is 14.4 Å². The first-order chi connectivity index (χ1) is 17.8. The van der Waals surface area contributed by atoms with E-state index in [-0.39, 0.29) is 47.6 Å². The zero-order valence-electron chi connectivity index (χ0n) is 24.6. The number of carbonyl (C=O) groups excluding carboxylic acids is 3. The number of amides is 2. The molecule has 0 aromatic rings. The molecule has 38 heavy (non-hydrogen) atoms. The van der Waals surface area contributed by atoms with Gasteiger partial charge in [-0.25, -0.2) is 0 Å². The molecule has 3 rings (SSSR count). The van der Waals surface area contributed by atoms with Gasteiger partial charge in [-0.3, -0.25) is 14.4 Å². The molecule has 3 unspecified atom stereocenters. The lowest BCUT2D eigenvalue weighted by Gasteiger charge is -2.46. The Morgan fingerprint density at radius 1 is 1.21 bits per heavy atom. The summed E-state index contributed by atoms with van der Waals surface area (Å²) in [6.07, 6.45) is 6.63. The van der Waals surface area contributed by atoms with Crippen molar-refractivity contribution in [1.82, 2.24) is 9.80 Å². The van der Waals surface area contributed by atoms with Crippen LogP contribution in [-0.4, -0.2) is 80.6 Å². The van der Waals surface area contributed by atoms with Gasteiger partial charge in [0.2, 0.25) is 11.8 Å². The molecular formula is C30H50N2O5S. The van der Waals surface area contributed by atoms with Crippen molar-refractivity contribution in [3.63, 3.8) is 0 Å². The Bertz CT molecular complexity index is 900. The molecule has 0 aliphatic carbocycles. The van der Waals surface area contributed by atoms with E-state index in [1.165, 1.54) is 0 Å². The van der Waals surface area contributed by atoms with Crippen molar-refractivity contribution in [1.29, 1.82) is 0 Å². The molecule has 3 fully saturated rings. The fraction of sp³-hybridized carbons (Fsp3) is 0.833. The third-order valence-corrected chi connectivity index (χ3v) is 10.7. The molecule has 3 heterocycles. The van der Waals surface area contributed by atoms with Gasteiger partial charge in [-0.2, -0.15) is 0 Å². The van der Waals surface area contributed by atoms with Crippen LogP contribution < -0.4 is 0 Å². The topological polar surface area (TPSA) is 87.2 Å². The van der Waals surface area contributed by atoms with E-state index in [0.717, 1.165) is 38.5 Å². The van der Waals surface area contributed by atoms with E-state index >= 15 is 0 Å². The Morgan fingerprint density at radius 2 is 1.87 bits per heavy atom. The van der Waals surface area contributed by atoms with Gasteiger partial charge in [0.1, 0.15) is 6.04 Å². The monoisotopic (exact) mass is 550 g/mol. The van der Waals surface area contributed by atoms with Gasteiger partial charge >= 0.3 is 5.97 Å². The summed E-state index contributed by atoms with van der Waals surface area (Å²) >= 11 is 1.70. The summed E-state index contributed by atoms with van der Waals surface area (Å²) in [4.78, 5) is 45.9. The maximum absolute atomic E-state index is 14.8. The van der Waals surface area contributed by atoms with Crippen molar-refractivity contribution in [2.75, 3.05) is 26.3 Å². The number of carbonyl (C=O) groups is 3. The van der Waals surface area contributed by atoms with Crippen LogP contribution in [0.15, 0.2) is 12.7 Å². The minimum Gasteiger partial charge on any atom is -0.466 e. The Labute approximate surface area is 234 Å². The van der Waals surface area contributed by atoms with Gasteiger partial charge in [0.25, 0.3) is 0 Å². The second kappa shape index (κ2) is 11.9. The van der Waals surface area contributed by atoms with Crippen LogP contribution in [0.3, 0.4) is 0 Å². The largest absolute Gasteiger partial charge is 0.466 e. The number of aliphatic hydroxyl groups is 1. The molecule has 216 valence electrons. The molecule has 7 nitrogen and oxygen atoms in total. The number of ether oxygens (including phenoxy) is 1. The van der Waals surface area contributed by atoms with E-state index in [2.05, 4.69) is 48.1 Å². The SMILES string of the molecule is C=CCN(C(=O)C1N(CCCCCCO)C(=O)[C@@H]2[C@@H](C(=O)OCC)[C@H]3CC(C)C12S3)C(C)(C)CC(C)(C)C. The summed E-state index contributed by atoms with van der Waals surface area (Å²) in [5.41, 5.74) is -0.441. The maximum Gasteiger partial charge on any atom is 0.310 e. The Morgan fingerprint density at radius 3 is 2.45 bits per heavy atom. The number of likely N-dealkylation sites (tertiary alicyclic amines) is 1. The molecule has 1 N–H and O–H groups in total. The number of nitrogens with zero attached hydrogens (tertiary/aromatic N) is 2. The van der Waals surface area contributed by atoms with Crippen molar-refractivity contribution in [2.45, 2.75) is 109 Å². The summed E-state index contributed by atoms with van der Waals surface area (Å²) < 4.78 is 4.82. The van der Waals surface area contributed by atoms with Crippen LogP contribution in [0, 0.1) is 23.2 Å². The van der Waals surface area contributed by atoms with Crippen LogP contribution in [0.5, 0.6) is 0 Å². The van der Waals surface area contributed by atoms with Crippen molar-refractivity contribution in [3.8, 4) is 0 Å². The van der Waals surface area contributed by atoms with Gasteiger partial charge in [-0.05, 0) is 57.8 Å². The lowest BCUT2D eigenvalue weighted by atomic mass is 9.66. The highest BCUT2D eigenvalue weighted by Gasteiger charge is 2.76. The number of fused-ring (bicyclic) bond motifs is 1. The first kappa shape index (κ1) is 31.0. The molecule has 0 aromatic carbocycles. The molecule has 3 saturated heterocycles. The summed E-state index contributed by atoms with van der Waals surface area (Å²) in [6.45, 7) is 20.0. The van der Waals surface area contributed by atoms with E-state index < -0.39 is 28.2 Å². The number of rotatable bonds is 13. The van der Waals surface area contributed by atoms with Crippen LogP contribution >= 0.6 is 11.8 Å². The predicted octanol–water partition coefficient (Wildman–Crippen LogP) is 4.67. The van der Waals surface area contributed by atoms with E-state index in [0.29, 0.717) is 13.1 Å². The lowest BCUT2D eigenvalue weighted by Crippen LogP contribution is -2.61. The highest BCUT2D eigenvalue weighted by molar-refractivity contribution is 8.02. The normalized spacial score (nSPS) is 30.5. The maximum atomic E-state index is 14.8. The number of esters is 1. The number of thioether (sulfide) groups is 1. The average Bonchev–Trinajstić information content (AvgIpc) is 3.39. The van der Waals surface area contributed by atoms with Gasteiger partial charge in [0.05, 0.1) is 23.2 Å². The molecule has 0 saturated carbocycles. The zero-order chi connectivity index (χ0) is 28.5. The first-order valence-corrected chi connectivity index (χ1v) is 15.3. The smallest absolute Gasteiger partial charge is 0.310 e. The van der Waals surface area contributed by atoms with E-state index in [1.807, 2.05) is 9.80 Å². The third-order valence-electron chi connectivity index (χ3n) is 8.62. The Balaban J connectivity index is 2.05. The van der Waals surface area contributed by atoms with E-state index in [4.69, 9.17) is 9.84 Å². The predicted molar refractivity (Wildman–Crippen MR) is 153 cm³/mol.